The van der Waals surface area contributed by atoms with Gasteiger partial charge in [0.1, 0.15) is 17.7 Å². The maximum Gasteiger partial charge on any atom is 0.325 e. The summed E-state index contributed by atoms with van der Waals surface area (Å²) in [4.78, 5) is 24.1. The number of carboxylic acid groups (broad SMARTS) is 1. The molecule has 1 rings (SSSR count). The molecule has 1 aliphatic rings. The summed E-state index contributed by atoms with van der Waals surface area (Å²) in [5.74, 6) is -1.41. The van der Waals surface area contributed by atoms with E-state index in [1.54, 1.807) is 11.0 Å². The zero-order valence-corrected chi connectivity index (χ0v) is 10.1. The Morgan fingerprint density at radius 1 is 1.50 bits per heavy atom. The van der Waals surface area contributed by atoms with Gasteiger partial charge >= 0.3 is 5.97 Å². The van der Waals surface area contributed by atoms with Crippen LogP contribution in [-0.2, 0) is 9.59 Å². The summed E-state index contributed by atoms with van der Waals surface area (Å²) < 4.78 is 0. The van der Waals surface area contributed by atoms with Crippen LogP contribution in [-0.4, -0.2) is 54.1 Å². The smallest absolute Gasteiger partial charge is 0.325 e. The van der Waals surface area contributed by atoms with Crippen LogP contribution in [0.2, 0.25) is 0 Å². The lowest BCUT2D eigenvalue weighted by Gasteiger charge is -2.27. The van der Waals surface area contributed by atoms with E-state index in [0.29, 0.717) is 26.2 Å². The van der Waals surface area contributed by atoms with Crippen LogP contribution in [0.1, 0.15) is 6.92 Å². The van der Waals surface area contributed by atoms with Crippen LogP contribution in [0, 0.1) is 11.3 Å². The highest BCUT2D eigenvalue weighted by Gasteiger charge is 2.20. The van der Waals surface area contributed by atoms with Crippen molar-refractivity contribution in [2.75, 3.05) is 26.2 Å². The molecule has 0 aromatic carbocycles. The number of hydrogen-bond donors (Lipinski definition) is 3. The highest BCUT2D eigenvalue weighted by molar-refractivity contribution is 5.97. The second-order valence-electron chi connectivity index (χ2n) is 3.94. The van der Waals surface area contributed by atoms with E-state index in [-0.39, 0.29) is 11.5 Å². The number of nitrogens with one attached hydrogen (secondary N) is 2. The van der Waals surface area contributed by atoms with Crippen molar-refractivity contribution < 1.29 is 14.7 Å². The molecule has 1 heterocycles. The molecule has 0 bridgehead atoms. The summed E-state index contributed by atoms with van der Waals surface area (Å²) in [7, 11) is 0. The molecule has 1 fully saturated rings. The predicted octanol–water partition coefficient (Wildman–Crippen LogP) is -1.11. The molecule has 7 nitrogen and oxygen atoms in total. The Morgan fingerprint density at radius 3 is 2.61 bits per heavy atom. The first-order valence-electron chi connectivity index (χ1n) is 5.65. The fraction of sp³-hybridized carbons (Fsp3) is 0.545. The maximum atomic E-state index is 11.9. The van der Waals surface area contributed by atoms with Crippen molar-refractivity contribution >= 4 is 11.9 Å². The lowest BCUT2D eigenvalue weighted by Crippen LogP contribution is -2.47. The van der Waals surface area contributed by atoms with Crippen molar-refractivity contribution in [1.29, 1.82) is 5.26 Å². The molecule has 1 unspecified atom stereocenters. The van der Waals surface area contributed by atoms with Crippen molar-refractivity contribution in [3.8, 4) is 6.07 Å². The molecular weight excluding hydrogens is 236 g/mol. The van der Waals surface area contributed by atoms with Gasteiger partial charge in [0.2, 0.25) is 0 Å². The summed E-state index contributed by atoms with van der Waals surface area (Å²) >= 11 is 0. The standard InChI is InChI=1S/C11H16N4O3/c1-8(11(17)18)14-7-9(6-12)10(16)15-4-2-13-3-5-15/h7-8,13-14H,2-5H2,1H3,(H,17,18)/b9-7-. The number of nitrogens with zero attached hydrogens (tertiary/aromatic N) is 2. The van der Waals surface area contributed by atoms with Gasteiger partial charge in [-0.25, -0.2) is 0 Å². The van der Waals surface area contributed by atoms with Gasteiger partial charge < -0.3 is 20.6 Å². The minimum absolute atomic E-state index is 0.0787. The molecule has 1 atom stereocenters. The molecule has 0 aromatic heterocycles. The molecule has 0 radical (unpaired) electrons. The van der Waals surface area contributed by atoms with Gasteiger partial charge in [0.15, 0.2) is 0 Å². The zero-order chi connectivity index (χ0) is 13.5. The highest BCUT2D eigenvalue weighted by atomic mass is 16.4. The second kappa shape index (κ2) is 6.61. The number of hydrogen-bond acceptors (Lipinski definition) is 5. The number of amides is 1. The molecule has 0 aliphatic carbocycles. The molecule has 0 aromatic rings. The fourth-order valence-corrected chi connectivity index (χ4v) is 1.46. The summed E-state index contributed by atoms with van der Waals surface area (Å²) in [6, 6.07) is 0.944. The molecular formula is C11H16N4O3. The van der Waals surface area contributed by atoms with Crippen LogP contribution in [0.3, 0.4) is 0 Å². The van der Waals surface area contributed by atoms with Crippen molar-refractivity contribution in [3.63, 3.8) is 0 Å². The quantitative estimate of drug-likeness (QED) is 0.433. The number of carbonyl (C=O) groups is 2. The molecule has 7 heteroatoms. The zero-order valence-electron chi connectivity index (χ0n) is 10.1. The van der Waals surface area contributed by atoms with Gasteiger partial charge in [-0.2, -0.15) is 5.26 Å². The van der Waals surface area contributed by atoms with Crippen LogP contribution in [0.5, 0.6) is 0 Å². The third-order valence-corrected chi connectivity index (χ3v) is 2.60. The van der Waals surface area contributed by atoms with Gasteiger partial charge in [-0.1, -0.05) is 0 Å². The molecule has 18 heavy (non-hydrogen) atoms. The van der Waals surface area contributed by atoms with Crippen molar-refractivity contribution in [2.45, 2.75) is 13.0 Å². The Bertz CT molecular complexity index is 394. The van der Waals surface area contributed by atoms with Gasteiger partial charge in [-0.05, 0) is 6.92 Å². The van der Waals surface area contributed by atoms with Gasteiger partial charge in [0.25, 0.3) is 5.91 Å². The highest BCUT2D eigenvalue weighted by Crippen LogP contribution is 2.02. The lowest BCUT2D eigenvalue weighted by atomic mass is 10.2. The topological polar surface area (TPSA) is 105 Å². The van der Waals surface area contributed by atoms with E-state index in [1.165, 1.54) is 13.1 Å². The van der Waals surface area contributed by atoms with E-state index in [1.807, 2.05) is 0 Å². The molecule has 3 N–H and O–H groups in total. The third kappa shape index (κ3) is 3.75. The monoisotopic (exact) mass is 252 g/mol. The molecule has 0 saturated carbocycles. The number of aliphatic carboxylic acids is 1. The fourth-order valence-electron chi connectivity index (χ4n) is 1.46. The van der Waals surface area contributed by atoms with E-state index < -0.39 is 12.0 Å². The van der Waals surface area contributed by atoms with Crippen LogP contribution >= 0.6 is 0 Å². The lowest BCUT2D eigenvalue weighted by molar-refractivity contribution is -0.138. The SMILES string of the molecule is CC(N/C=C(/C#N)C(=O)N1CCNCC1)C(=O)O. The molecule has 0 spiro atoms. The first kappa shape index (κ1) is 14.0. The Balaban J connectivity index is 2.64. The van der Waals surface area contributed by atoms with Gasteiger partial charge in [0, 0.05) is 32.4 Å². The molecule has 1 saturated heterocycles. The van der Waals surface area contributed by atoms with Crippen molar-refractivity contribution in [2.24, 2.45) is 0 Å². The van der Waals surface area contributed by atoms with Crippen LogP contribution < -0.4 is 10.6 Å². The van der Waals surface area contributed by atoms with Crippen LogP contribution in [0.4, 0.5) is 0 Å². The van der Waals surface area contributed by atoms with Gasteiger partial charge in [-0.15, -0.1) is 0 Å². The van der Waals surface area contributed by atoms with E-state index in [9.17, 15) is 9.59 Å². The van der Waals surface area contributed by atoms with Gasteiger partial charge in [-0.3, -0.25) is 9.59 Å². The van der Waals surface area contributed by atoms with Gasteiger partial charge in [0.05, 0.1) is 0 Å². The van der Waals surface area contributed by atoms with Crippen LogP contribution in [0.25, 0.3) is 0 Å². The summed E-state index contributed by atoms with van der Waals surface area (Å²) in [5, 5.41) is 23.2. The normalized spacial score (nSPS) is 17.8. The Morgan fingerprint density at radius 2 is 2.11 bits per heavy atom. The Hall–Kier alpha value is -2.07. The number of piperazine rings is 1. The minimum atomic E-state index is -1.04. The summed E-state index contributed by atoms with van der Waals surface area (Å²) in [6.45, 7) is 3.93. The largest absolute Gasteiger partial charge is 0.480 e. The number of carbonyl (C=O) groups excluding carboxylic acids is 1. The Kier molecular flexibility index (Phi) is 5.14. The van der Waals surface area contributed by atoms with Crippen LogP contribution in [0.15, 0.2) is 11.8 Å². The predicted molar refractivity (Wildman–Crippen MR) is 63.4 cm³/mol. The summed E-state index contributed by atoms with van der Waals surface area (Å²) in [6.07, 6.45) is 1.17. The molecule has 1 amide bonds. The van der Waals surface area contributed by atoms with E-state index in [0.717, 1.165) is 0 Å². The first-order chi connectivity index (χ1) is 8.56. The average molecular weight is 252 g/mol. The molecule has 1 aliphatic heterocycles. The molecule has 98 valence electrons. The average Bonchev–Trinajstić information content (AvgIpc) is 2.39. The minimum Gasteiger partial charge on any atom is -0.480 e. The maximum absolute atomic E-state index is 11.9. The summed E-state index contributed by atoms with van der Waals surface area (Å²) in [5.41, 5.74) is -0.0787. The van der Waals surface area contributed by atoms with Crippen molar-refractivity contribution in [3.05, 3.63) is 11.8 Å². The van der Waals surface area contributed by atoms with E-state index in [2.05, 4.69) is 10.6 Å². The van der Waals surface area contributed by atoms with E-state index in [4.69, 9.17) is 10.4 Å². The van der Waals surface area contributed by atoms with E-state index >= 15 is 0 Å². The third-order valence-electron chi connectivity index (χ3n) is 2.60. The number of rotatable bonds is 4. The number of nitriles is 1. The van der Waals surface area contributed by atoms with Crippen molar-refractivity contribution in [1.82, 2.24) is 15.5 Å². The second-order valence-corrected chi connectivity index (χ2v) is 3.94. The number of carboxylic acids is 1. The Labute approximate surface area is 105 Å². The first-order valence-corrected chi connectivity index (χ1v) is 5.65.